The number of likely N-dealkylation sites (tertiary alicyclic amines) is 1. The fourth-order valence-electron chi connectivity index (χ4n) is 2.95. The van der Waals surface area contributed by atoms with Gasteiger partial charge in [-0.3, -0.25) is 10.0 Å². The van der Waals surface area contributed by atoms with Crippen molar-refractivity contribution >= 4 is 12.0 Å². The summed E-state index contributed by atoms with van der Waals surface area (Å²) in [7, 11) is 0. The molecule has 1 aromatic rings. The molecular formula is C14H16N2O4. The zero-order valence-corrected chi connectivity index (χ0v) is 10.9. The van der Waals surface area contributed by atoms with Gasteiger partial charge in [0.05, 0.1) is 0 Å². The number of nitrogens with one attached hydrogen (secondary N) is 1. The van der Waals surface area contributed by atoms with E-state index < -0.39 is 0 Å². The van der Waals surface area contributed by atoms with Crippen LogP contribution in [0, 0.1) is 17.8 Å². The van der Waals surface area contributed by atoms with Crippen LogP contribution in [-0.2, 0) is 16.1 Å². The first-order chi connectivity index (χ1) is 9.70. The van der Waals surface area contributed by atoms with Crippen molar-refractivity contribution < 1.29 is 19.5 Å². The Labute approximate surface area is 116 Å². The molecule has 1 saturated carbocycles. The normalized spacial score (nSPS) is 26.9. The summed E-state index contributed by atoms with van der Waals surface area (Å²) in [4.78, 5) is 24.8. The Morgan fingerprint density at radius 1 is 1.25 bits per heavy atom. The molecule has 1 aliphatic carbocycles. The van der Waals surface area contributed by atoms with Crippen LogP contribution in [0.15, 0.2) is 30.3 Å². The number of hydrogen-bond donors (Lipinski definition) is 2. The van der Waals surface area contributed by atoms with Crippen molar-refractivity contribution in [3.63, 3.8) is 0 Å². The van der Waals surface area contributed by atoms with Gasteiger partial charge in [-0.2, -0.15) is 0 Å². The van der Waals surface area contributed by atoms with Crippen LogP contribution in [0.4, 0.5) is 4.79 Å². The second-order valence-corrected chi connectivity index (χ2v) is 5.27. The average molecular weight is 276 g/mol. The van der Waals surface area contributed by atoms with Crippen LogP contribution in [0.1, 0.15) is 5.56 Å². The predicted molar refractivity (Wildman–Crippen MR) is 68.6 cm³/mol. The molecule has 0 bridgehead atoms. The van der Waals surface area contributed by atoms with E-state index in [4.69, 9.17) is 9.94 Å². The number of amides is 2. The van der Waals surface area contributed by atoms with Gasteiger partial charge in [0, 0.05) is 19.0 Å². The van der Waals surface area contributed by atoms with E-state index in [-0.39, 0.29) is 36.4 Å². The van der Waals surface area contributed by atoms with Gasteiger partial charge in [-0.05, 0) is 17.4 Å². The van der Waals surface area contributed by atoms with Crippen molar-refractivity contribution in [2.75, 3.05) is 13.1 Å². The monoisotopic (exact) mass is 276 g/mol. The largest absolute Gasteiger partial charge is 0.445 e. The summed E-state index contributed by atoms with van der Waals surface area (Å²) in [5, 5.41) is 8.58. The van der Waals surface area contributed by atoms with Crippen molar-refractivity contribution in [1.29, 1.82) is 0 Å². The standard InChI is InChI=1S/C14H16N2O4/c17-13(15-19)12-10-6-16(7-11(10)12)14(18)20-8-9-4-2-1-3-5-9/h1-5,10-12,19H,6-8H2,(H,15,17)/t10-,11+,12+. The predicted octanol–water partition coefficient (Wildman–Crippen LogP) is 1.01. The molecule has 0 spiro atoms. The fraction of sp³-hybridized carbons (Fsp3) is 0.429. The van der Waals surface area contributed by atoms with Crippen LogP contribution in [0.2, 0.25) is 0 Å². The third-order valence-electron chi connectivity index (χ3n) is 4.07. The zero-order valence-electron chi connectivity index (χ0n) is 10.9. The molecule has 1 aromatic carbocycles. The number of carbonyl (C=O) groups is 2. The first-order valence-corrected chi connectivity index (χ1v) is 6.60. The molecule has 0 unspecified atom stereocenters. The Balaban J connectivity index is 1.46. The van der Waals surface area contributed by atoms with Crippen LogP contribution in [0.5, 0.6) is 0 Å². The number of piperidine rings is 1. The lowest BCUT2D eigenvalue weighted by Gasteiger charge is -2.19. The number of fused-ring (bicyclic) bond motifs is 1. The van der Waals surface area contributed by atoms with E-state index in [2.05, 4.69) is 0 Å². The maximum atomic E-state index is 11.9. The van der Waals surface area contributed by atoms with E-state index in [9.17, 15) is 9.59 Å². The Kier molecular flexibility index (Phi) is 3.31. The number of benzene rings is 1. The van der Waals surface area contributed by atoms with Crippen molar-refractivity contribution in [3.8, 4) is 0 Å². The minimum atomic E-state index is -0.350. The van der Waals surface area contributed by atoms with Gasteiger partial charge in [0.25, 0.3) is 0 Å². The highest BCUT2D eigenvalue weighted by atomic mass is 16.6. The maximum Gasteiger partial charge on any atom is 0.410 e. The molecule has 1 aliphatic heterocycles. The average Bonchev–Trinajstić information content (AvgIpc) is 2.99. The fourth-order valence-corrected chi connectivity index (χ4v) is 2.95. The Morgan fingerprint density at radius 3 is 2.50 bits per heavy atom. The molecule has 2 N–H and O–H groups in total. The van der Waals surface area contributed by atoms with E-state index in [1.807, 2.05) is 30.3 Å². The second kappa shape index (κ2) is 5.13. The molecule has 106 valence electrons. The van der Waals surface area contributed by atoms with Crippen molar-refractivity contribution in [2.45, 2.75) is 6.61 Å². The van der Waals surface area contributed by atoms with Gasteiger partial charge in [-0.25, -0.2) is 10.3 Å². The lowest BCUT2D eigenvalue weighted by Crippen LogP contribution is -2.34. The topological polar surface area (TPSA) is 78.9 Å². The summed E-state index contributed by atoms with van der Waals surface area (Å²) in [5.41, 5.74) is 2.62. The Hall–Kier alpha value is -2.08. The summed E-state index contributed by atoms with van der Waals surface area (Å²) in [6.07, 6.45) is -0.343. The lowest BCUT2D eigenvalue weighted by atomic mass is 10.2. The van der Waals surface area contributed by atoms with E-state index in [1.54, 1.807) is 10.4 Å². The van der Waals surface area contributed by atoms with E-state index in [0.717, 1.165) is 5.56 Å². The molecule has 2 aliphatic rings. The molecule has 20 heavy (non-hydrogen) atoms. The van der Waals surface area contributed by atoms with Crippen molar-refractivity contribution in [1.82, 2.24) is 10.4 Å². The Bertz CT molecular complexity index is 507. The quantitative estimate of drug-likeness (QED) is 0.638. The molecule has 0 aromatic heterocycles. The van der Waals surface area contributed by atoms with Crippen LogP contribution >= 0.6 is 0 Å². The second-order valence-electron chi connectivity index (χ2n) is 5.27. The number of rotatable bonds is 3. The molecule has 1 heterocycles. The molecular weight excluding hydrogens is 260 g/mol. The molecule has 0 radical (unpaired) electrons. The van der Waals surface area contributed by atoms with Gasteiger partial charge in [-0.15, -0.1) is 0 Å². The molecule has 3 rings (SSSR count). The minimum Gasteiger partial charge on any atom is -0.445 e. The Morgan fingerprint density at radius 2 is 1.90 bits per heavy atom. The van der Waals surface area contributed by atoms with Gasteiger partial charge in [0.2, 0.25) is 5.91 Å². The number of nitrogens with zero attached hydrogens (tertiary/aromatic N) is 1. The SMILES string of the molecule is O=C(NO)[C@H]1[C@@H]2CN(C(=O)OCc3ccccc3)C[C@@H]21. The minimum absolute atomic E-state index is 0.154. The summed E-state index contributed by atoms with van der Waals surface area (Å²) >= 11 is 0. The third kappa shape index (κ3) is 2.34. The highest BCUT2D eigenvalue weighted by Gasteiger charge is 2.60. The van der Waals surface area contributed by atoms with E-state index in [0.29, 0.717) is 13.1 Å². The van der Waals surface area contributed by atoms with Gasteiger partial charge >= 0.3 is 6.09 Å². The third-order valence-corrected chi connectivity index (χ3v) is 4.07. The lowest BCUT2D eigenvalue weighted by molar-refractivity contribution is -0.131. The number of hydroxylamine groups is 1. The molecule has 2 amide bonds. The first-order valence-electron chi connectivity index (χ1n) is 6.60. The van der Waals surface area contributed by atoms with Crippen LogP contribution < -0.4 is 5.48 Å². The smallest absolute Gasteiger partial charge is 0.410 e. The summed E-state index contributed by atoms with van der Waals surface area (Å²) in [6, 6.07) is 9.50. The van der Waals surface area contributed by atoms with Crippen molar-refractivity contribution in [2.24, 2.45) is 17.8 Å². The van der Waals surface area contributed by atoms with Crippen LogP contribution in [0.3, 0.4) is 0 Å². The van der Waals surface area contributed by atoms with E-state index >= 15 is 0 Å². The highest BCUT2D eigenvalue weighted by Crippen LogP contribution is 2.51. The zero-order chi connectivity index (χ0) is 14.1. The van der Waals surface area contributed by atoms with Gasteiger partial charge in [0.1, 0.15) is 6.61 Å². The van der Waals surface area contributed by atoms with E-state index in [1.165, 1.54) is 0 Å². The molecule has 6 heteroatoms. The number of ether oxygens (including phenoxy) is 1. The van der Waals surface area contributed by atoms with Crippen molar-refractivity contribution in [3.05, 3.63) is 35.9 Å². The summed E-state index contributed by atoms with van der Waals surface area (Å²) < 4.78 is 5.24. The molecule has 2 fully saturated rings. The molecule has 1 saturated heterocycles. The number of hydrogen-bond acceptors (Lipinski definition) is 4. The van der Waals surface area contributed by atoms with Gasteiger partial charge in [0.15, 0.2) is 0 Å². The van der Waals surface area contributed by atoms with Gasteiger partial charge < -0.3 is 9.64 Å². The summed E-state index contributed by atoms with van der Waals surface area (Å²) in [5.74, 6) is -0.187. The molecule has 3 atom stereocenters. The first kappa shape index (κ1) is 12.9. The van der Waals surface area contributed by atoms with Gasteiger partial charge in [-0.1, -0.05) is 30.3 Å². The van der Waals surface area contributed by atoms with Crippen LogP contribution in [0.25, 0.3) is 0 Å². The number of carbonyl (C=O) groups excluding carboxylic acids is 2. The highest BCUT2D eigenvalue weighted by molar-refractivity contribution is 5.82. The summed E-state index contributed by atoms with van der Waals surface area (Å²) in [6.45, 7) is 1.30. The molecule has 6 nitrogen and oxygen atoms in total. The maximum absolute atomic E-state index is 11.9. The van der Waals surface area contributed by atoms with Crippen LogP contribution in [-0.4, -0.2) is 35.2 Å².